The molecular weight excluding hydrogens is 685 g/mol. The summed E-state index contributed by atoms with van der Waals surface area (Å²) in [5.41, 5.74) is 0. The van der Waals surface area contributed by atoms with Crippen LogP contribution in [0.15, 0.2) is 60.8 Å². The molecule has 55 heavy (non-hydrogen) atoms. The summed E-state index contributed by atoms with van der Waals surface area (Å²) in [6.45, 7) is 6.40. The first-order valence-electron chi connectivity index (χ1n) is 22.8. The number of rotatable bonds is 40. The molecule has 6 nitrogen and oxygen atoms in total. The molecule has 0 radical (unpaired) electrons. The van der Waals surface area contributed by atoms with Gasteiger partial charge in [0.1, 0.15) is 13.2 Å². The summed E-state index contributed by atoms with van der Waals surface area (Å²) < 4.78 is 16.6. The molecule has 0 bridgehead atoms. The van der Waals surface area contributed by atoms with Crippen molar-refractivity contribution in [2.75, 3.05) is 13.2 Å². The van der Waals surface area contributed by atoms with Crippen LogP contribution >= 0.6 is 0 Å². The van der Waals surface area contributed by atoms with Gasteiger partial charge in [0.2, 0.25) is 0 Å². The van der Waals surface area contributed by atoms with Gasteiger partial charge in [-0.15, -0.1) is 0 Å². The molecule has 0 aromatic rings. The lowest BCUT2D eigenvalue weighted by molar-refractivity contribution is -0.167. The Balaban J connectivity index is 4.21. The lowest BCUT2D eigenvalue weighted by atomic mass is 10.1. The predicted molar refractivity (Wildman–Crippen MR) is 233 cm³/mol. The minimum atomic E-state index is -0.774. The van der Waals surface area contributed by atoms with Crippen molar-refractivity contribution in [1.82, 2.24) is 0 Å². The maximum absolute atomic E-state index is 12.6. The Labute approximate surface area is 339 Å². The van der Waals surface area contributed by atoms with Gasteiger partial charge in [-0.25, -0.2) is 0 Å². The molecule has 0 aliphatic carbocycles. The molecule has 1 unspecified atom stereocenters. The Kier molecular flexibility index (Phi) is 41.5. The van der Waals surface area contributed by atoms with E-state index in [1.807, 2.05) is 0 Å². The van der Waals surface area contributed by atoms with E-state index in [-0.39, 0.29) is 31.1 Å². The Morgan fingerprint density at radius 1 is 0.382 bits per heavy atom. The van der Waals surface area contributed by atoms with Gasteiger partial charge >= 0.3 is 17.9 Å². The summed E-state index contributed by atoms with van der Waals surface area (Å²) in [7, 11) is 0. The number of unbranched alkanes of at least 4 members (excludes halogenated alkanes) is 19. The highest BCUT2D eigenvalue weighted by atomic mass is 16.6. The number of carbonyl (C=O) groups excluding carboxylic acids is 3. The predicted octanol–water partition coefficient (Wildman–Crippen LogP) is 14.5. The van der Waals surface area contributed by atoms with Crippen LogP contribution in [0.4, 0.5) is 0 Å². The van der Waals surface area contributed by atoms with E-state index in [2.05, 4.69) is 81.5 Å². The number of ether oxygens (including phenoxy) is 3. The highest BCUT2D eigenvalue weighted by Crippen LogP contribution is 2.14. The van der Waals surface area contributed by atoms with Crippen LogP contribution in [0.2, 0.25) is 0 Å². The third-order valence-corrected chi connectivity index (χ3v) is 9.54. The molecule has 1 atom stereocenters. The van der Waals surface area contributed by atoms with Crippen LogP contribution in [0.1, 0.15) is 213 Å². The SMILES string of the molecule is CC/C=C\C/C=C\C/C=C\C/C=C\C/C=C\CCCCCCCC(=O)OCC(COC(=O)CCCCCCC)OC(=O)CCCCCCCCCCCCC. The summed E-state index contributed by atoms with van der Waals surface area (Å²) in [5, 5.41) is 0. The number of hydrogen-bond acceptors (Lipinski definition) is 6. The highest BCUT2D eigenvalue weighted by molar-refractivity contribution is 5.71. The van der Waals surface area contributed by atoms with Gasteiger partial charge in [-0.2, -0.15) is 0 Å². The van der Waals surface area contributed by atoms with Crippen LogP contribution in [0.5, 0.6) is 0 Å². The fourth-order valence-corrected chi connectivity index (χ4v) is 6.11. The van der Waals surface area contributed by atoms with E-state index < -0.39 is 6.10 Å². The van der Waals surface area contributed by atoms with E-state index in [4.69, 9.17) is 14.2 Å². The second-order valence-electron chi connectivity index (χ2n) is 14.9. The first-order chi connectivity index (χ1) is 27.0. The third kappa shape index (κ3) is 42.1. The second kappa shape index (κ2) is 43.8. The molecule has 0 saturated heterocycles. The third-order valence-electron chi connectivity index (χ3n) is 9.54. The first kappa shape index (κ1) is 52.1. The van der Waals surface area contributed by atoms with Crippen molar-refractivity contribution in [2.45, 2.75) is 219 Å². The topological polar surface area (TPSA) is 78.9 Å². The number of hydrogen-bond donors (Lipinski definition) is 0. The van der Waals surface area contributed by atoms with Crippen LogP contribution in [-0.4, -0.2) is 37.2 Å². The summed E-state index contributed by atoms with van der Waals surface area (Å²) in [5.74, 6) is -0.916. The normalized spacial score (nSPS) is 12.6. The van der Waals surface area contributed by atoms with Crippen molar-refractivity contribution in [3.05, 3.63) is 60.8 Å². The monoisotopic (exact) mass is 769 g/mol. The van der Waals surface area contributed by atoms with Crippen LogP contribution in [0, 0.1) is 0 Å². The van der Waals surface area contributed by atoms with Gasteiger partial charge in [-0.1, -0.05) is 191 Å². The maximum Gasteiger partial charge on any atom is 0.306 e. The maximum atomic E-state index is 12.6. The summed E-state index contributed by atoms with van der Waals surface area (Å²) in [6, 6.07) is 0. The molecule has 316 valence electrons. The Bertz CT molecular complexity index is 1020. The molecular formula is C49H84O6. The van der Waals surface area contributed by atoms with E-state index in [0.29, 0.717) is 19.3 Å². The van der Waals surface area contributed by atoms with Gasteiger partial charge in [0, 0.05) is 19.3 Å². The van der Waals surface area contributed by atoms with Crippen LogP contribution < -0.4 is 0 Å². The van der Waals surface area contributed by atoms with Crippen molar-refractivity contribution in [3.8, 4) is 0 Å². The molecule has 6 heteroatoms. The Morgan fingerprint density at radius 3 is 1.11 bits per heavy atom. The summed E-state index contributed by atoms with van der Waals surface area (Å²) in [4.78, 5) is 37.4. The van der Waals surface area contributed by atoms with Gasteiger partial charge in [0.05, 0.1) is 0 Å². The van der Waals surface area contributed by atoms with E-state index in [1.54, 1.807) is 0 Å². The van der Waals surface area contributed by atoms with Crippen molar-refractivity contribution in [1.29, 1.82) is 0 Å². The molecule has 0 amide bonds. The Hall–Kier alpha value is -2.89. The van der Waals surface area contributed by atoms with Crippen LogP contribution in [0.25, 0.3) is 0 Å². The zero-order chi connectivity index (χ0) is 40.1. The van der Waals surface area contributed by atoms with Crippen molar-refractivity contribution in [2.24, 2.45) is 0 Å². The Morgan fingerprint density at radius 2 is 0.709 bits per heavy atom. The molecule has 0 aromatic carbocycles. The second-order valence-corrected chi connectivity index (χ2v) is 14.9. The van der Waals surface area contributed by atoms with Crippen molar-refractivity contribution >= 4 is 17.9 Å². The lowest BCUT2D eigenvalue weighted by Crippen LogP contribution is -2.30. The van der Waals surface area contributed by atoms with Gasteiger partial charge < -0.3 is 14.2 Å². The van der Waals surface area contributed by atoms with Crippen LogP contribution in [-0.2, 0) is 28.6 Å². The molecule has 0 rings (SSSR count). The minimum absolute atomic E-state index is 0.0804. The lowest BCUT2D eigenvalue weighted by Gasteiger charge is -2.18. The van der Waals surface area contributed by atoms with E-state index in [1.165, 1.54) is 57.8 Å². The molecule has 0 heterocycles. The fourth-order valence-electron chi connectivity index (χ4n) is 6.11. The van der Waals surface area contributed by atoms with Gasteiger partial charge in [0.25, 0.3) is 0 Å². The van der Waals surface area contributed by atoms with E-state index in [9.17, 15) is 14.4 Å². The number of esters is 3. The number of allylic oxidation sites excluding steroid dienone is 10. The minimum Gasteiger partial charge on any atom is -0.462 e. The van der Waals surface area contributed by atoms with Crippen molar-refractivity contribution in [3.63, 3.8) is 0 Å². The van der Waals surface area contributed by atoms with Gasteiger partial charge in [-0.3, -0.25) is 14.4 Å². The summed E-state index contributed by atoms with van der Waals surface area (Å²) >= 11 is 0. The van der Waals surface area contributed by atoms with Gasteiger partial charge in [0.15, 0.2) is 6.10 Å². The molecule has 0 fully saturated rings. The van der Waals surface area contributed by atoms with E-state index in [0.717, 1.165) is 116 Å². The summed E-state index contributed by atoms with van der Waals surface area (Å²) in [6.07, 6.45) is 52.3. The average Bonchev–Trinajstić information content (AvgIpc) is 3.18. The fraction of sp³-hybridized carbons (Fsp3) is 0.735. The first-order valence-corrected chi connectivity index (χ1v) is 22.8. The average molecular weight is 769 g/mol. The molecule has 0 spiro atoms. The number of carbonyl (C=O) groups is 3. The largest absolute Gasteiger partial charge is 0.462 e. The molecule has 0 aromatic heterocycles. The highest BCUT2D eigenvalue weighted by Gasteiger charge is 2.19. The molecule has 0 N–H and O–H groups in total. The van der Waals surface area contributed by atoms with Gasteiger partial charge in [-0.05, 0) is 64.2 Å². The quantitative estimate of drug-likeness (QED) is 0.0267. The smallest absolute Gasteiger partial charge is 0.306 e. The molecule has 0 aliphatic rings. The van der Waals surface area contributed by atoms with E-state index >= 15 is 0 Å². The van der Waals surface area contributed by atoms with Crippen LogP contribution in [0.3, 0.4) is 0 Å². The molecule has 0 aliphatic heterocycles. The standard InChI is InChI=1S/C49H84O6/c1-4-7-10-13-15-17-19-20-21-22-23-24-25-26-27-28-30-31-33-36-39-42-48(51)54-45-46(44-53-47(50)41-38-35-12-9-6-3)55-49(52)43-40-37-34-32-29-18-16-14-11-8-5-2/h7,10,15,17,20-21,23-24,26-27,46H,4-6,8-9,11-14,16,18-19,22,25,28-45H2,1-3H3/b10-7-,17-15-,21-20-,24-23-,27-26-. The van der Waals surface area contributed by atoms with Crippen molar-refractivity contribution < 1.29 is 28.6 Å². The zero-order valence-electron chi connectivity index (χ0n) is 35.9. The zero-order valence-corrected chi connectivity index (χ0v) is 35.9. The molecule has 0 saturated carbocycles.